The molecule has 0 aromatic rings. The summed E-state index contributed by atoms with van der Waals surface area (Å²) in [6.45, 7) is -9.27. The fourth-order valence-electron chi connectivity index (χ4n) is 9.37. The number of thiol groups is 3. The molecule has 2 aliphatic heterocycles. The van der Waals surface area contributed by atoms with E-state index < -0.39 is 164 Å². The molecule has 2 heterocycles. The topological polar surface area (TPSA) is 513 Å². The molecule has 38 nitrogen and oxygen atoms in total. The van der Waals surface area contributed by atoms with Crippen molar-refractivity contribution in [1.29, 1.82) is 0 Å². The Bertz CT molecular complexity index is 2370. The molecular weight excluding hydrogens is 1510 g/mol. The molecule has 102 heavy (non-hydrogen) atoms. The van der Waals surface area contributed by atoms with Crippen LogP contribution in [0.15, 0.2) is 0 Å². The average Bonchev–Trinajstić information content (AvgIpc) is 0.819. The van der Waals surface area contributed by atoms with Gasteiger partial charge in [-0.25, -0.2) is 18.3 Å². The van der Waals surface area contributed by atoms with Crippen LogP contribution in [0.2, 0.25) is 0 Å². The number of aliphatic hydroxyl groups excluding tert-OH is 9. The van der Waals surface area contributed by atoms with Gasteiger partial charge in [-0.1, -0.05) is 36.7 Å². The molecule has 15 unspecified atom stereocenters. The van der Waals surface area contributed by atoms with Gasteiger partial charge in [-0.05, 0) is 77.6 Å². The Labute approximate surface area is 611 Å². The predicted octanol–water partition coefficient (Wildman–Crippen LogP) is 1.48. The van der Waals surface area contributed by atoms with Crippen LogP contribution in [0.4, 0.5) is 0 Å². The Morgan fingerprint density at radius 1 is 0.471 bits per heavy atom. The average molecular weight is 1620 g/mol. The first-order chi connectivity index (χ1) is 48.4. The van der Waals surface area contributed by atoms with E-state index in [4.69, 9.17) is 88.1 Å². The normalized spacial score (nSPS) is 24.7. The van der Waals surface area contributed by atoms with Gasteiger partial charge in [0.15, 0.2) is 18.9 Å². The van der Waals surface area contributed by atoms with Crippen LogP contribution < -0.4 is 16.0 Å². The molecule has 45 heteroatoms. The zero-order chi connectivity index (χ0) is 76.2. The lowest BCUT2D eigenvalue weighted by molar-refractivity contribution is -0.270. The van der Waals surface area contributed by atoms with Gasteiger partial charge in [0.25, 0.3) is 0 Å². The number of ether oxygens (including phenoxy) is 10. The zero-order valence-corrected chi connectivity index (χ0v) is 64.9. The minimum atomic E-state index is -3.89. The summed E-state index contributed by atoms with van der Waals surface area (Å²) in [5, 5.41) is 97.7. The number of carbonyl (C=O) groups is 3. The molecule has 12 N–H and O–H groups in total. The van der Waals surface area contributed by atoms with Gasteiger partial charge in [-0.15, -0.1) is 0 Å². The summed E-state index contributed by atoms with van der Waals surface area (Å²) < 4.78 is 158. The monoisotopic (exact) mass is 1620 g/mol. The van der Waals surface area contributed by atoms with Crippen LogP contribution in [0.3, 0.4) is 0 Å². The SMILES string of the molecule is COP(=O)(OC)OCCCCOCC(COCCCOP(=O)(S)OCCCCOC1OC(CO)C(O)C(O)C1NC(C)=O)(COCCCOP(=O)(S)OCCCCOC1OC(CO)C(O)C(O)C1NC(C)=O)COCCCOP(=O)(S)OCCCCOC(OC(CO)[C@@H](C)O)[C@H](CO)NC(C)=O. The van der Waals surface area contributed by atoms with Crippen molar-refractivity contribution in [2.24, 2.45) is 5.41 Å². The molecule has 0 saturated carbocycles. The van der Waals surface area contributed by atoms with E-state index in [-0.39, 0.29) is 138 Å². The van der Waals surface area contributed by atoms with E-state index in [0.717, 1.165) is 0 Å². The van der Waals surface area contributed by atoms with Gasteiger partial charge in [-0.3, -0.25) is 28.0 Å². The van der Waals surface area contributed by atoms with E-state index in [2.05, 4.69) is 52.7 Å². The molecular formula is C57H113N3O35P4S3. The van der Waals surface area contributed by atoms with Crippen LogP contribution in [0, 0.1) is 5.41 Å². The van der Waals surface area contributed by atoms with Crippen LogP contribution in [-0.2, 0) is 121 Å². The Hall–Kier alpha value is -0.740. The number of phosphoric acid groups is 1. The van der Waals surface area contributed by atoms with E-state index in [9.17, 15) is 78.6 Å². The van der Waals surface area contributed by atoms with E-state index in [1.54, 1.807) is 0 Å². The minimum Gasteiger partial charge on any atom is -0.394 e. The zero-order valence-electron chi connectivity index (χ0n) is 58.7. The van der Waals surface area contributed by atoms with Crippen molar-refractivity contribution in [3.05, 3.63) is 0 Å². The molecule has 17 atom stereocenters. The Morgan fingerprint density at radius 2 is 0.804 bits per heavy atom. The summed E-state index contributed by atoms with van der Waals surface area (Å²) in [5.74, 6) is -1.50. The van der Waals surface area contributed by atoms with Gasteiger partial charge in [0.1, 0.15) is 60.9 Å². The van der Waals surface area contributed by atoms with E-state index >= 15 is 0 Å². The summed E-state index contributed by atoms with van der Waals surface area (Å²) in [7, 11) is -1.35. The second kappa shape index (κ2) is 54.0. The Balaban J connectivity index is 2.10. The lowest BCUT2D eigenvalue weighted by Crippen LogP contribution is -2.64. The van der Waals surface area contributed by atoms with Crippen molar-refractivity contribution < 1.29 is 167 Å². The summed E-state index contributed by atoms with van der Waals surface area (Å²) in [6, 6.07) is -3.27. The first kappa shape index (κ1) is 97.3. The molecule has 2 saturated heterocycles. The molecule has 0 aliphatic carbocycles. The number of aliphatic hydroxyl groups is 9. The molecule has 3 amide bonds. The van der Waals surface area contributed by atoms with Gasteiger partial charge in [0, 0.05) is 81.2 Å². The second-order valence-corrected chi connectivity index (χ2v) is 34.2. The quantitative estimate of drug-likeness (QED) is 0.0177. The van der Waals surface area contributed by atoms with E-state index in [0.29, 0.717) is 51.4 Å². The van der Waals surface area contributed by atoms with Crippen LogP contribution in [0.5, 0.6) is 0 Å². The van der Waals surface area contributed by atoms with Gasteiger partial charge >= 0.3 is 28.2 Å². The maximum atomic E-state index is 13.2. The summed E-state index contributed by atoms with van der Waals surface area (Å²) in [4.78, 5) is 35.3. The number of phosphoric ester groups is 1. The third kappa shape index (κ3) is 41.3. The number of rotatable bonds is 63. The summed E-state index contributed by atoms with van der Waals surface area (Å²) in [5.41, 5.74) is -1.05. The standard InChI is InChI=1S/C57H113N3O35P4S3/c1-40(65)45(33-62)93-54(44(32-61)58-41(2)66)83-22-8-12-26-87-97(74,100)90-29-15-19-80-37-57(36-79-18-7-11-25-86-96(73,77-5)78-6,38-81-20-16-30-91-98(75,101)88-27-13-9-23-84-55-48(59-42(3)67)52(71)50(69)46(34-63)94-55)39-82-21-17-31-92-99(76,102)89-28-14-10-24-85-56-49(60-43(4)68)53(72)51(70)47(35-64)95-56/h40,44-56,61-65,69-72H,7-39H2,1-6H3,(H,58,66)(H,59,67)(H,60,68)(H,74,100)(H,75,101)(H,76,102)/t40-,44+,45?,46?,47?,48?,49?,50?,51?,52?,53?,54?,55?,56?,57?,97?,98?,99?/m1/s1. The van der Waals surface area contributed by atoms with Crippen LogP contribution in [0.1, 0.15) is 98.3 Å². The number of nitrogens with one attached hydrogen (secondary N) is 3. The van der Waals surface area contributed by atoms with Crippen molar-refractivity contribution in [3.8, 4) is 0 Å². The maximum Gasteiger partial charge on any atom is 0.474 e. The third-order valence-corrected chi connectivity index (χ3v) is 21.3. The largest absolute Gasteiger partial charge is 0.474 e. The maximum absolute atomic E-state index is 13.2. The second-order valence-electron chi connectivity index (χ2n) is 23.6. The molecule has 2 rings (SSSR count). The molecule has 0 aromatic heterocycles. The predicted molar refractivity (Wildman–Crippen MR) is 370 cm³/mol. The molecule has 2 aliphatic rings. The van der Waals surface area contributed by atoms with Gasteiger partial charge in [-0.2, -0.15) is 0 Å². The highest BCUT2D eigenvalue weighted by Gasteiger charge is 2.47. The van der Waals surface area contributed by atoms with Crippen molar-refractivity contribution in [1.82, 2.24) is 16.0 Å². The summed E-state index contributed by atoms with van der Waals surface area (Å²) >= 11 is 12.3. The smallest absolute Gasteiger partial charge is 0.394 e. The summed E-state index contributed by atoms with van der Waals surface area (Å²) in [6.07, 6.45) is -10.8. The third-order valence-electron chi connectivity index (χ3n) is 14.7. The van der Waals surface area contributed by atoms with Gasteiger partial charge < -0.3 is 136 Å². The first-order valence-electron chi connectivity index (χ1n) is 33.3. The van der Waals surface area contributed by atoms with Crippen LogP contribution >= 0.6 is 65.0 Å². The number of hydrogen-bond donors (Lipinski definition) is 15. The number of amides is 3. The highest BCUT2D eigenvalue weighted by atomic mass is 32.7. The van der Waals surface area contributed by atoms with Crippen molar-refractivity contribution >= 4 is 82.7 Å². The molecule has 2 fully saturated rings. The fraction of sp³-hybridized carbons (Fsp3) is 0.947. The van der Waals surface area contributed by atoms with E-state index in [1.807, 2.05) is 0 Å². The molecule has 0 aromatic carbocycles. The molecule has 0 spiro atoms. The van der Waals surface area contributed by atoms with Crippen molar-refractivity contribution in [2.75, 3.05) is 160 Å². The van der Waals surface area contributed by atoms with Crippen LogP contribution in [0.25, 0.3) is 0 Å². The molecule has 0 radical (unpaired) electrons. The number of hydrogen-bond acceptors (Lipinski definition) is 35. The minimum absolute atomic E-state index is 0.0113. The van der Waals surface area contributed by atoms with Crippen LogP contribution in [-0.4, -0.2) is 309 Å². The molecule has 0 bridgehead atoms. The Kier molecular flexibility index (Phi) is 51.5. The van der Waals surface area contributed by atoms with Crippen molar-refractivity contribution in [3.63, 3.8) is 0 Å². The van der Waals surface area contributed by atoms with Gasteiger partial charge in [0.2, 0.25) is 17.7 Å². The lowest BCUT2D eigenvalue weighted by Gasteiger charge is -2.42. The fourth-order valence-corrected chi connectivity index (χ4v) is 13.9. The number of unbranched alkanes of at least 4 members (excludes halogenated alkanes) is 4. The lowest BCUT2D eigenvalue weighted by atomic mass is 9.92. The first-order valence-corrected chi connectivity index (χ1v) is 42.9. The highest BCUT2D eigenvalue weighted by Crippen LogP contribution is 2.55. The number of carbonyl (C=O) groups excluding carboxylic acids is 3. The highest BCUT2D eigenvalue weighted by molar-refractivity contribution is 8.45. The van der Waals surface area contributed by atoms with Crippen molar-refractivity contribution in [2.45, 2.75) is 184 Å². The van der Waals surface area contributed by atoms with Gasteiger partial charge in [0.05, 0.1) is 111 Å². The Morgan fingerprint density at radius 3 is 1.13 bits per heavy atom. The molecule has 604 valence electrons. The van der Waals surface area contributed by atoms with E-state index in [1.165, 1.54) is 41.9 Å².